The molecule has 0 saturated carbocycles. The molecule has 1 fully saturated rings. The van der Waals surface area contributed by atoms with Crippen molar-refractivity contribution < 1.29 is 0 Å². The van der Waals surface area contributed by atoms with Gasteiger partial charge in [-0.15, -0.1) is 0 Å². The smallest absolute Gasteiger partial charge is 0.0236 e. The highest BCUT2D eigenvalue weighted by atomic mass is 15.2. The number of aryl methyl sites for hydroxylation is 1. The van der Waals surface area contributed by atoms with E-state index in [1.165, 1.54) is 67.7 Å². The van der Waals surface area contributed by atoms with Gasteiger partial charge in [0.2, 0.25) is 0 Å². The first kappa shape index (κ1) is 18.5. The quantitative estimate of drug-likeness (QED) is 0.757. The predicted molar refractivity (Wildman–Crippen MR) is 115 cm³/mol. The van der Waals surface area contributed by atoms with Gasteiger partial charge in [-0.2, -0.15) is 0 Å². The molecule has 0 spiro atoms. The van der Waals surface area contributed by atoms with Crippen molar-refractivity contribution in [2.45, 2.75) is 32.7 Å². The van der Waals surface area contributed by atoms with Gasteiger partial charge < -0.3 is 0 Å². The molecule has 2 aromatic carbocycles. The van der Waals surface area contributed by atoms with Gasteiger partial charge in [0.05, 0.1) is 0 Å². The molecule has 0 amide bonds. The normalized spacial score (nSPS) is 19.0. The zero-order chi connectivity index (χ0) is 18.6. The minimum Gasteiger partial charge on any atom is -0.299 e. The third kappa shape index (κ3) is 4.69. The van der Waals surface area contributed by atoms with E-state index in [1.54, 1.807) is 5.56 Å². The summed E-state index contributed by atoms with van der Waals surface area (Å²) in [6.45, 7) is 13.5. The maximum absolute atomic E-state index is 4.33. The summed E-state index contributed by atoms with van der Waals surface area (Å²) in [5, 5.41) is 0. The van der Waals surface area contributed by atoms with E-state index in [2.05, 4.69) is 71.8 Å². The lowest BCUT2D eigenvalue weighted by atomic mass is 9.93. The zero-order valence-electron chi connectivity index (χ0n) is 16.7. The fourth-order valence-corrected chi connectivity index (χ4v) is 4.55. The standard InChI is InChI=1S/C25H32N2/c1-20-7-9-23(10-8-20)21(2)17-26-14-11-22(12-15-26)18-27-16-13-24-5-3-4-6-25(24)19-27/h3-10,22H,2,11-19H2,1H3. The predicted octanol–water partition coefficient (Wildman–Crippen LogP) is 4.78. The Labute approximate surface area is 164 Å². The highest BCUT2D eigenvalue weighted by Gasteiger charge is 2.23. The van der Waals surface area contributed by atoms with Crippen LogP contribution >= 0.6 is 0 Å². The van der Waals surface area contributed by atoms with Crippen LogP contribution in [-0.4, -0.2) is 42.5 Å². The van der Waals surface area contributed by atoms with Crippen LogP contribution in [0.5, 0.6) is 0 Å². The number of hydrogen-bond acceptors (Lipinski definition) is 2. The second-order valence-corrected chi connectivity index (χ2v) is 8.44. The van der Waals surface area contributed by atoms with Crippen molar-refractivity contribution >= 4 is 5.57 Å². The molecular formula is C25H32N2. The third-order valence-electron chi connectivity index (χ3n) is 6.31. The molecule has 0 N–H and O–H groups in total. The third-order valence-corrected chi connectivity index (χ3v) is 6.31. The summed E-state index contributed by atoms with van der Waals surface area (Å²) in [5.41, 5.74) is 6.94. The van der Waals surface area contributed by atoms with Crippen molar-refractivity contribution in [1.82, 2.24) is 9.80 Å². The Hall–Kier alpha value is -1.90. The minimum atomic E-state index is 0.846. The SMILES string of the molecule is C=C(CN1CCC(CN2CCc3ccccc3C2)CC1)c1ccc(C)cc1. The largest absolute Gasteiger partial charge is 0.299 e. The van der Waals surface area contributed by atoms with Gasteiger partial charge in [-0.3, -0.25) is 9.80 Å². The van der Waals surface area contributed by atoms with Crippen LogP contribution < -0.4 is 0 Å². The van der Waals surface area contributed by atoms with Crippen molar-refractivity contribution in [2.24, 2.45) is 5.92 Å². The summed E-state index contributed by atoms with van der Waals surface area (Å²) >= 11 is 0. The first-order chi connectivity index (χ1) is 13.2. The summed E-state index contributed by atoms with van der Waals surface area (Å²) in [6.07, 6.45) is 3.85. The van der Waals surface area contributed by atoms with Gasteiger partial charge in [-0.1, -0.05) is 60.7 Å². The van der Waals surface area contributed by atoms with E-state index in [1.807, 2.05) is 0 Å². The highest BCUT2D eigenvalue weighted by molar-refractivity contribution is 5.64. The molecule has 2 aliphatic rings. The second-order valence-electron chi connectivity index (χ2n) is 8.44. The topological polar surface area (TPSA) is 6.48 Å². The Morgan fingerprint density at radius 2 is 1.63 bits per heavy atom. The summed E-state index contributed by atoms with van der Waals surface area (Å²) in [6, 6.07) is 17.7. The maximum atomic E-state index is 4.33. The lowest BCUT2D eigenvalue weighted by molar-refractivity contribution is 0.145. The first-order valence-electron chi connectivity index (χ1n) is 10.4. The number of likely N-dealkylation sites (tertiary alicyclic amines) is 1. The molecule has 0 radical (unpaired) electrons. The van der Waals surface area contributed by atoms with Gasteiger partial charge in [-0.05, 0) is 67.5 Å². The first-order valence-corrected chi connectivity index (χ1v) is 10.4. The zero-order valence-corrected chi connectivity index (χ0v) is 16.7. The van der Waals surface area contributed by atoms with Crippen LogP contribution in [0.1, 0.15) is 35.1 Å². The molecular weight excluding hydrogens is 328 g/mol. The molecule has 2 aliphatic heterocycles. The molecule has 2 heterocycles. The molecule has 0 atom stereocenters. The van der Waals surface area contributed by atoms with Crippen LogP contribution in [0.4, 0.5) is 0 Å². The Morgan fingerprint density at radius 1 is 0.926 bits per heavy atom. The van der Waals surface area contributed by atoms with E-state index < -0.39 is 0 Å². The van der Waals surface area contributed by atoms with Crippen molar-refractivity contribution in [2.75, 3.05) is 32.7 Å². The number of rotatable bonds is 5. The molecule has 27 heavy (non-hydrogen) atoms. The minimum absolute atomic E-state index is 0.846. The molecule has 2 nitrogen and oxygen atoms in total. The summed E-state index contributed by atoms with van der Waals surface area (Å²) in [4.78, 5) is 5.26. The van der Waals surface area contributed by atoms with Gasteiger partial charge >= 0.3 is 0 Å². The summed E-state index contributed by atoms with van der Waals surface area (Å²) in [7, 11) is 0. The number of fused-ring (bicyclic) bond motifs is 1. The van der Waals surface area contributed by atoms with Crippen molar-refractivity contribution in [1.29, 1.82) is 0 Å². The van der Waals surface area contributed by atoms with Crippen molar-refractivity contribution in [3.05, 3.63) is 77.4 Å². The number of nitrogens with zero attached hydrogens (tertiary/aromatic N) is 2. The van der Waals surface area contributed by atoms with Crippen molar-refractivity contribution in [3.8, 4) is 0 Å². The van der Waals surface area contributed by atoms with Crippen LogP contribution in [0.25, 0.3) is 5.57 Å². The molecule has 2 aromatic rings. The van der Waals surface area contributed by atoms with Crippen LogP contribution in [-0.2, 0) is 13.0 Å². The van der Waals surface area contributed by atoms with E-state index in [0.29, 0.717) is 0 Å². The van der Waals surface area contributed by atoms with Crippen LogP contribution in [0, 0.1) is 12.8 Å². The van der Waals surface area contributed by atoms with Gasteiger partial charge in [0, 0.05) is 26.2 Å². The Balaban J connectivity index is 1.23. The number of benzene rings is 2. The van der Waals surface area contributed by atoms with Crippen LogP contribution in [0.3, 0.4) is 0 Å². The fourth-order valence-electron chi connectivity index (χ4n) is 4.55. The van der Waals surface area contributed by atoms with Crippen molar-refractivity contribution in [3.63, 3.8) is 0 Å². The molecule has 0 unspecified atom stereocenters. The Bertz CT molecular complexity index is 769. The number of hydrogen-bond donors (Lipinski definition) is 0. The highest BCUT2D eigenvalue weighted by Crippen LogP contribution is 2.24. The lowest BCUT2D eigenvalue weighted by Gasteiger charge is -2.36. The Morgan fingerprint density at radius 3 is 2.37 bits per heavy atom. The molecule has 0 bridgehead atoms. The molecule has 4 rings (SSSR count). The van der Waals surface area contributed by atoms with E-state index >= 15 is 0 Å². The maximum Gasteiger partial charge on any atom is 0.0236 e. The average Bonchev–Trinajstić information content (AvgIpc) is 2.70. The van der Waals surface area contributed by atoms with Crippen LogP contribution in [0.2, 0.25) is 0 Å². The molecule has 1 saturated heterocycles. The average molecular weight is 361 g/mol. The molecule has 0 aromatic heterocycles. The summed E-state index contributed by atoms with van der Waals surface area (Å²) < 4.78 is 0. The van der Waals surface area contributed by atoms with E-state index in [4.69, 9.17) is 0 Å². The molecule has 142 valence electrons. The van der Waals surface area contributed by atoms with Gasteiger partial charge in [-0.25, -0.2) is 0 Å². The number of piperidine rings is 1. The van der Waals surface area contributed by atoms with Crippen LogP contribution in [0.15, 0.2) is 55.1 Å². The lowest BCUT2D eigenvalue weighted by Crippen LogP contribution is -2.40. The summed E-state index contributed by atoms with van der Waals surface area (Å²) in [5.74, 6) is 0.846. The fraction of sp³-hybridized carbons (Fsp3) is 0.440. The Kier molecular flexibility index (Phi) is 5.75. The van der Waals surface area contributed by atoms with E-state index in [0.717, 1.165) is 19.0 Å². The molecule has 0 aliphatic carbocycles. The molecule has 2 heteroatoms. The van der Waals surface area contributed by atoms with E-state index in [-0.39, 0.29) is 0 Å². The monoisotopic (exact) mass is 360 g/mol. The van der Waals surface area contributed by atoms with E-state index in [9.17, 15) is 0 Å². The van der Waals surface area contributed by atoms with Gasteiger partial charge in [0.1, 0.15) is 0 Å². The second kappa shape index (κ2) is 8.41. The van der Waals surface area contributed by atoms with Gasteiger partial charge in [0.25, 0.3) is 0 Å². The van der Waals surface area contributed by atoms with Gasteiger partial charge in [0.15, 0.2) is 0 Å².